The van der Waals surface area contributed by atoms with E-state index in [9.17, 15) is 0 Å². The lowest BCUT2D eigenvalue weighted by molar-refractivity contribution is 0.185. The highest BCUT2D eigenvalue weighted by atomic mass is 35.5. The van der Waals surface area contributed by atoms with Crippen molar-refractivity contribution in [2.45, 2.75) is 6.61 Å². The van der Waals surface area contributed by atoms with Gasteiger partial charge in [0.15, 0.2) is 0 Å². The molecule has 0 aliphatic carbocycles. The molecule has 0 bridgehead atoms. The van der Waals surface area contributed by atoms with Gasteiger partial charge in [0.25, 0.3) is 0 Å². The van der Waals surface area contributed by atoms with Crippen molar-refractivity contribution in [1.82, 2.24) is 19.9 Å². The van der Waals surface area contributed by atoms with Gasteiger partial charge >= 0.3 is 0 Å². The summed E-state index contributed by atoms with van der Waals surface area (Å²) in [5.41, 5.74) is 2.99. The van der Waals surface area contributed by atoms with Crippen LogP contribution in [0, 0.1) is 11.3 Å². The number of hydrogen-bond donors (Lipinski definition) is 0. The van der Waals surface area contributed by atoms with Crippen LogP contribution in [0.2, 0.25) is 15.5 Å². The van der Waals surface area contributed by atoms with Crippen molar-refractivity contribution in [3.63, 3.8) is 0 Å². The number of rotatable bonds is 3. The average molecular weight is 409 g/mol. The van der Waals surface area contributed by atoms with Crippen LogP contribution < -0.4 is 0 Å². The third-order valence-electron chi connectivity index (χ3n) is 2.96. The Labute approximate surface area is 165 Å². The Balaban J connectivity index is 0.000000254. The molecule has 26 heavy (non-hydrogen) atoms. The minimum Gasteiger partial charge on any atom is -0.380 e. The molecule has 2 heterocycles. The van der Waals surface area contributed by atoms with Gasteiger partial charge in [0.2, 0.25) is 0 Å². The maximum Gasteiger partial charge on any atom is 0.133 e. The van der Waals surface area contributed by atoms with Crippen LogP contribution in [0.5, 0.6) is 0 Å². The highest BCUT2D eigenvalue weighted by Crippen LogP contribution is 2.22. The van der Waals surface area contributed by atoms with Crippen LogP contribution in [-0.4, -0.2) is 27.0 Å². The SMILES string of the molecule is COCc1cc(C#N)cc(-c2cc(Cl)ncn2)c1.Clc1cc(Cl)ncn1. The van der Waals surface area contributed by atoms with Gasteiger partial charge in [-0.05, 0) is 23.8 Å². The van der Waals surface area contributed by atoms with Gasteiger partial charge in [0.05, 0.1) is 23.9 Å². The van der Waals surface area contributed by atoms with Gasteiger partial charge in [0.1, 0.15) is 28.1 Å². The van der Waals surface area contributed by atoms with E-state index in [-0.39, 0.29) is 0 Å². The molecule has 0 aliphatic heterocycles. The van der Waals surface area contributed by atoms with Crippen molar-refractivity contribution in [1.29, 1.82) is 5.26 Å². The molecule has 0 atom stereocenters. The van der Waals surface area contributed by atoms with Crippen molar-refractivity contribution in [2.75, 3.05) is 7.11 Å². The monoisotopic (exact) mass is 407 g/mol. The molecule has 9 heteroatoms. The predicted molar refractivity (Wildman–Crippen MR) is 100.0 cm³/mol. The second kappa shape index (κ2) is 10.00. The summed E-state index contributed by atoms with van der Waals surface area (Å²) in [5.74, 6) is 0. The van der Waals surface area contributed by atoms with E-state index in [1.165, 1.54) is 18.7 Å². The van der Waals surface area contributed by atoms with Crippen molar-refractivity contribution in [3.05, 3.63) is 69.6 Å². The molecule has 0 saturated carbocycles. The predicted octanol–water partition coefficient (Wildman–Crippen LogP) is 4.60. The second-order valence-electron chi connectivity index (χ2n) is 4.85. The number of nitriles is 1. The smallest absolute Gasteiger partial charge is 0.133 e. The molecule has 1 aromatic carbocycles. The van der Waals surface area contributed by atoms with E-state index < -0.39 is 0 Å². The fourth-order valence-electron chi connectivity index (χ4n) is 1.96. The molecule has 0 unspecified atom stereocenters. The molecule has 3 aromatic rings. The van der Waals surface area contributed by atoms with Crippen molar-refractivity contribution in [3.8, 4) is 17.3 Å². The molecule has 6 nitrogen and oxygen atoms in total. The van der Waals surface area contributed by atoms with E-state index in [2.05, 4.69) is 26.0 Å². The summed E-state index contributed by atoms with van der Waals surface area (Å²) >= 11 is 16.6. The molecule has 0 fully saturated rings. The summed E-state index contributed by atoms with van der Waals surface area (Å²) in [4.78, 5) is 15.2. The lowest BCUT2D eigenvalue weighted by atomic mass is 10.0. The molecule has 0 spiro atoms. The minimum absolute atomic E-state index is 0.366. The molecular formula is C17H12Cl3N5O. The van der Waals surface area contributed by atoms with Crippen LogP contribution in [0.4, 0.5) is 0 Å². The zero-order valence-corrected chi connectivity index (χ0v) is 15.8. The van der Waals surface area contributed by atoms with Crippen LogP contribution in [0.15, 0.2) is 43.0 Å². The lowest BCUT2D eigenvalue weighted by Crippen LogP contribution is -1.92. The molecule has 3 rings (SSSR count). The van der Waals surface area contributed by atoms with E-state index in [0.717, 1.165) is 11.1 Å². The zero-order valence-electron chi connectivity index (χ0n) is 13.5. The number of methoxy groups -OCH3 is 1. The van der Waals surface area contributed by atoms with Crippen LogP contribution in [-0.2, 0) is 11.3 Å². The zero-order chi connectivity index (χ0) is 18.9. The molecule has 0 radical (unpaired) electrons. The molecule has 132 valence electrons. The van der Waals surface area contributed by atoms with E-state index in [1.807, 2.05) is 6.07 Å². The van der Waals surface area contributed by atoms with Gasteiger partial charge in [-0.2, -0.15) is 5.26 Å². The topological polar surface area (TPSA) is 84.6 Å². The summed E-state index contributed by atoms with van der Waals surface area (Å²) in [6, 6.07) is 10.7. The first-order chi connectivity index (χ1) is 12.5. The summed E-state index contributed by atoms with van der Waals surface area (Å²) < 4.78 is 5.07. The molecule has 0 N–H and O–H groups in total. The van der Waals surface area contributed by atoms with Crippen LogP contribution in [0.25, 0.3) is 11.3 Å². The normalized spacial score (nSPS) is 9.81. The standard InChI is InChI=1S/C13H10ClN3O.C4H2Cl2N2/c1-18-7-10-2-9(6-15)3-11(4-10)12-5-13(14)17-8-16-12;5-3-1-4(6)8-2-7-3/h2-5,8H,7H2,1H3;1-2H. The minimum atomic E-state index is 0.366. The summed E-state index contributed by atoms with van der Waals surface area (Å²) in [6.07, 6.45) is 2.71. The fourth-order valence-corrected chi connectivity index (χ4v) is 2.45. The summed E-state index contributed by atoms with van der Waals surface area (Å²) in [7, 11) is 1.61. The van der Waals surface area contributed by atoms with Crippen molar-refractivity contribution < 1.29 is 4.74 Å². The van der Waals surface area contributed by atoms with E-state index in [4.69, 9.17) is 44.8 Å². The second-order valence-corrected chi connectivity index (χ2v) is 6.01. The molecule has 2 aromatic heterocycles. The van der Waals surface area contributed by atoms with Gasteiger partial charge < -0.3 is 4.74 Å². The number of aromatic nitrogens is 4. The van der Waals surface area contributed by atoms with Gasteiger partial charge in [-0.25, -0.2) is 19.9 Å². The lowest BCUT2D eigenvalue weighted by Gasteiger charge is -2.05. The van der Waals surface area contributed by atoms with E-state index >= 15 is 0 Å². The Bertz CT molecular complexity index is 913. The number of nitrogens with zero attached hydrogens (tertiary/aromatic N) is 5. The Kier molecular flexibility index (Phi) is 7.70. The van der Waals surface area contributed by atoms with Crippen molar-refractivity contribution >= 4 is 34.8 Å². The number of hydrogen-bond acceptors (Lipinski definition) is 6. The number of halogens is 3. The maximum absolute atomic E-state index is 9.01. The largest absolute Gasteiger partial charge is 0.380 e. The molecule has 0 saturated heterocycles. The Morgan fingerprint density at radius 2 is 1.50 bits per heavy atom. The maximum atomic E-state index is 9.01. The summed E-state index contributed by atoms with van der Waals surface area (Å²) in [6.45, 7) is 0.446. The Hall–Kier alpha value is -2.30. The van der Waals surface area contributed by atoms with Crippen molar-refractivity contribution in [2.24, 2.45) is 0 Å². The summed E-state index contributed by atoms with van der Waals surface area (Å²) in [5, 5.41) is 10.1. The van der Waals surface area contributed by atoms with E-state index in [1.54, 1.807) is 25.3 Å². The third-order valence-corrected chi connectivity index (χ3v) is 3.58. The number of ether oxygens (including phenoxy) is 1. The highest BCUT2D eigenvalue weighted by molar-refractivity contribution is 6.33. The quantitative estimate of drug-likeness (QED) is 0.589. The van der Waals surface area contributed by atoms with Gasteiger partial charge in [-0.1, -0.05) is 34.8 Å². The highest BCUT2D eigenvalue weighted by Gasteiger charge is 2.05. The fraction of sp³-hybridized carbons (Fsp3) is 0.118. The molecular weight excluding hydrogens is 397 g/mol. The number of benzene rings is 1. The first-order valence-corrected chi connectivity index (χ1v) is 8.29. The van der Waals surface area contributed by atoms with Crippen LogP contribution in [0.1, 0.15) is 11.1 Å². The van der Waals surface area contributed by atoms with Crippen LogP contribution >= 0.6 is 34.8 Å². The Morgan fingerprint density at radius 1 is 0.885 bits per heavy atom. The first-order valence-electron chi connectivity index (χ1n) is 7.16. The first kappa shape index (κ1) is 20.0. The average Bonchev–Trinajstić information content (AvgIpc) is 2.62. The van der Waals surface area contributed by atoms with E-state index in [0.29, 0.717) is 33.3 Å². The van der Waals surface area contributed by atoms with Gasteiger partial charge in [0, 0.05) is 24.8 Å². The Morgan fingerprint density at radius 3 is 2.00 bits per heavy atom. The third kappa shape index (κ3) is 6.21. The molecule has 0 aliphatic rings. The van der Waals surface area contributed by atoms with Gasteiger partial charge in [-0.3, -0.25) is 0 Å². The molecule has 0 amide bonds. The van der Waals surface area contributed by atoms with Gasteiger partial charge in [-0.15, -0.1) is 0 Å². The van der Waals surface area contributed by atoms with Crippen LogP contribution in [0.3, 0.4) is 0 Å².